The highest BCUT2D eigenvalue weighted by Crippen LogP contribution is 2.26. The van der Waals surface area contributed by atoms with E-state index in [1.54, 1.807) is 0 Å². The van der Waals surface area contributed by atoms with Crippen LogP contribution in [0.1, 0.15) is 36.8 Å². The van der Waals surface area contributed by atoms with E-state index in [0.29, 0.717) is 29.9 Å². The SMILES string of the molecule is CCOCCOC(=O)[C@@H](CC)n1cnc2sc(C)c(C)c2c1=O. The summed E-state index contributed by atoms with van der Waals surface area (Å²) in [5.41, 5.74) is 0.738. The predicted molar refractivity (Wildman–Crippen MR) is 90.1 cm³/mol. The Labute approximate surface area is 139 Å². The van der Waals surface area contributed by atoms with Gasteiger partial charge in [0.15, 0.2) is 0 Å². The Morgan fingerprint density at radius 2 is 2.09 bits per heavy atom. The minimum absolute atomic E-state index is 0.185. The van der Waals surface area contributed by atoms with Crippen LogP contribution in [0.4, 0.5) is 0 Å². The molecule has 0 amide bonds. The summed E-state index contributed by atoms with van der Waals surface area (Å²) in [7, 11) is 0. The second-order valence-corrected chi connectivity index (χ2v) is 6.41. The van der Waals surface area contributed by atoms with Crippen LogP contribution in [-0.4, -0.2) is 35.3 Å². The number of hydrogen-bond donors (Lipinski definition) is 0. The molecule has 2 aromatic rings. The highest BCUT2D eigenvalue weighted by molar-refractivity contribution is 7.18. The molecule has 0 aromatic carbocycles. The van der Waals surface area contributed by atoms with E-state index in [4.69, 9.17) is 9.47 Å². The van der Waals surface area contributed by atoms with E-state index < -0.39 is 12.0 Å². The second-order valence-electron chi connectivity index (χ2n) is 5.21. The average molecular weight is 338 g/mol. The molecule has 0 saturated heterocycles. The fourth-order valence-electron chi connectivity index (χ4n) is 2.39. The highest BCUT2D eigenvalue weighted by atomic mass is 32.1. The molecular formula is C16H22N2O4S. The molecule has 7 heteroatoms. The summed E-state index contributed by atoms with van der Waals surface area (Å²) < 4.78 is 11.7. The molecule has 0 unspecified atom stereocenters. The van der Waals surface area contributed by atoms with Gasteiger partial charge < -0.3 is 9.47 Å². The fraction of sp³-hybridized carbons (Fsp3) is 0.562. The Kier molecular flexibility index (Phi) is 5.90. The molecule has 6 nitrogen and oxygen atoms in total. The first-order chi connectivity index (χ1) is 11.0. The molecule has 126 valence electrons. The zero-order valence-electron chi connectivity index (χ0n) is 13.9. The van der Waals surface area contributed by atoms with E-state index in [1.807, 2.05) is 27.7 Å². The van der Waals surface area contributed by atoms with Crippen molar-refractivity contribution in [3.8, 4) is 0 Å². The molecule has 0 saturated carbocycles. The molecule has 0 aliphatic carbocycles. The molecular weight excluding hydrogens is 316 g/mol. The van der Waals surface area contributed by atoms with Crippen LogP contribution in [-0.2, 0) is 14.3 Å². The zero-order chi connectivity index (χ0) is 17.0. The van der Waals surface area contributed by atoms with Crippen molar-refractivity contribution in [3.63, 3.8) is 0 Å². The number of esters is 1. The highest BCUT2D eigenvalue weighted by Gasteiger charge is 2.23. The summed E-state index contributed by atoms with van der Waals surface area (Å²) >= 11 is 1.49. The van der Waals surface area contributed by atoms with Crippen LogP contribution >= 0.6 is 11.3 Å². The summed E-state index contributed by atoms with van der Waals surface area (Å²) in [5.74, 6) is -0.431. The third kappa shape index (κ3) is 3.61. The Bertz CT molecular complexity index is 750. The number of hydrogen-bond acceptors (Lipinski definition) is 6. The van der Waals surface area contributed by atoms with Crippen molar-refractivity contribution in [2.75, 3.05) is 19.8 Å². The molecule has 0 fully saturated rings. The number of nitrogens with zero attached hydrogens (tertiary/aromatic N) is 2. The van der Waals surface area contributed by atoms with Gasteiger partial charge in [-0.05, 0) is 32.8 Å². The van der Waals surface area contributed by atoms with Crippen LogP contribution in [0, 0.1) is 13.8 Å². The van der Waals surface area contributed by atoms with E-state index in [1.165, 1.54) is 22.2 Å². The lowest BCUT2D eigenvalue weighted by molar-refractivity contribution is -0.149. The summed E-state index contributed by atoms with van der Waals surface area (Å²) in [6, 6.07) is -0.666. The second kappa shape index (κ2) is 7.70. The van der Waals surface area contributed by atoms with Crippen molar-refractivity contribution in [3.05, 3.63) is 27.1 Å². The Balaban J connectivity index is 2.29. The quantitative estimate of drug-likeness (QED) is 0.573. The summed E-state index contributed by atoms with van der Waals surface area (Å²) in [6.45, 7) is 8.70. The molecule has 0 N–H and O–H groups in total. The van der Waals surface area contributed by atoms with Gasteiger partial charge in [-0.2, -0.15) is 0 Å². The van der Waals surface area contributed by atoms with Crippen LogP contribution < -0.4 is 5.56 Å². The maximum Gasteiger partial charge on any atom is 0.329 e. The number of aromatic nitrogens is 2. The Morgan fingerprint density at radius 1 is 1.35 bits per heavy atom. The number of ether oxygens (including phenoxy) is 2. The van der Waals surface area contributed by atoms with Gasteiger partial charge >= 0.3 is 5.97 Å². The van der Waals surface area contributed by atoms with Gasteiger partial charge in [-0.25, -0.2) is 9.78 Å². The Hall–Kier alpha value is -1.73. The fourth-order valence-corrected chi connectivity index (χ4v) is 3.38. The number of thiophene rings is 1. The van der Waals surface area contributed by atoms with Crippen LogP contribution in [0.25, 0.3) is 10.2 Å². The van der Waals surface area contributed by atoms with Gasteiger partial charge in [0, 0.05) is 11.5 Å². The minimum atomic E-state index is -0.666. The first kappa shape index (κ1) is 17.6. The first-order valence-electron chi connectivity index (χ1n) is 7.72. The summed E-state index contributed by atoms with van der Waals surface area (Å²) in [5, 5.41) is 0.593. The van der Waals surface area contributed by atoms with E-state index in [0.717, 1.165) is 10.4 Å². The summed E-state index contributed by atoms with van der Waals surface area (Å²) in [4.78, 5) is 31.1. The smallest absolute Gasteiger partial charge is 0.329 e. The van der Waals surface area contributed by atoms with Gasteiger partial charge in [0.05, 0.1) is 18.3 Å². The Morgan fingerprint density at radius 3 is 2.74 bits per heavy atom. The lowest BCUT2D eigenvalue weighted by Crippen LogP contribution is -2.31. The number of carbonyl (C=O) groups is 1. The minimum Gasteiger partial charge on any atom is -0.462 e. The van der Waals surface area contributed by atoms with Crippen molar-refractivity contribution in [1.29, 1.82) is 0 Å². The van der Waals surface area contributed by atoms with E-state index >= 15 is 0 Å². The van der Waals surface area contributed by atoms with Crippen molar-refractivity contribution in [2.45, 2.75) is 40.2 Å². The van der Waals surface area contributed by atoms with E-state index in [-0.39, 0.29) is 12.2 Å². The van der Waals surface area contributed by atoms with Gasteiger partial charge in [-0.3, -0.25) is 9.36 Å². The van der Waals surface area contributed by atoms with E-state index in [9.17, 15) is 9.59 Å². The normalized spacial score (nSPS) is 12.5. The number of rotatable bonds is 7. The van der Waals surface area contributed by atoms with Gasteiger partial charge in [0.2, 0.25) is 0 Å². The maximum absolute atomic E-state index is 12.7. The lowest BCUT2D eigenvalue weighted by Gasteiger charge is -2.16. The number of fused-ring (bicyclic) bond motifs is 1. The third-order valence-electron chi connectivity index (χ3n) is 3.79. The van der Waals surface area contributed by atoms with Crippen LogP contribution in [0.2, 0.25) is 0 Å². The largest absolute Gasteiger partial charge is 0.462 e. The molecule has 0 aliphatic rings. The van der Waals surface area contributed by atoms with Crippen LogP contribution in [0.3, 0.4) is 0 Å². The molecule has 2 aromatic heterocycles. The first-order valence-corrected chi connectivity index (χ1v) is 8.54. The number of carbonyl (C=O) groups excluding carboxylic acids is 1. The molecule has 0 spiro atoms. The topological polar surface area (TPSA) is 70.4 Å². The molecule has 0 bridgehead atoms. The van der Waals surface area contributed by atoms with E-state index in [2.05, 4.69) is 4.98 Å². The standard InChI is InChI=1S/C16H22N2O4S/c1-5-12(16(20)22-8-7-21-6-2)18-9-17-14-13(15(18)19)10(3)11(4)23-14/h9,12H,5-8H2,1-4H3/t12-/m1/s1. The number of aryl methyl sites for hydroxylation is 2. The van der Waals surface area contributed by atoms with Gasteiger partial charge in [0.25, 0.3) is 5.56 Å². The van der Waals surface area contributed by atoms with Gasteiger partial charge in [0.1, 0.15) is 17.5 Å². The monoisotopic (exact) mass is 338 g/mol. The molecule has 1 atom stereocenters. The molecule has 2 heterocycles. The van der Waals surface area contributed by atoms with Gasteiger partial charge in [-0.1, -0.05) is 6.92 Å². The predicted octanol–water partition coefficient (Wildman–Crippen LogP) is 2.61. The average Bonchev–Trinajstić information content (AvgIpc) is 2.82. The molecule has 0 aliphatic heterocycles. The molecule has 23 heavy (non-hydrogen) atoms. The molecule has 0 radical (unpaired) electrons. The van der Waals surface area contributed by atoms with Crippen molar-refractivity contribution >= 4 is 27.5 Å². The summed E-state index contributed by atoms with van der Waals surface area (Å²) in [6.07, 6.45) is 1.90. The van der Waals surface area contributed by atoms with Crippen LogP contribution in [0.15, 0.2) is 11.1 Å². The van der Waals surface area contributed by atoms with Crippen molar-refractivity contribution in [2.24, 2.45) is 0 Å². The van der Waals surface area contributed by atoms with Gasteiger partial charge in [-0.15, -0.1) is 11.3 Å². The van der Waals surface area contributed by atoms with Crippen molar-refractivity contribution in [1.82, 2.24) is 9.55 Å². The zero-order valence-corrected chi connectivity index (χ0v) is 14.7. The van der Waals surface area contributed by atoms with Crippen molar-refractivity contribution < 1.29 is 14.3 Å². The lowest BCUT2D eigenvalue weighted by atomic mass is 10.2. The molecule has 2 rings (SSSR count). The van der Waals surface area contributed by atoms with Crippen LogP contribution in [0.5, 0.6) is 0 Å². The maximum atomic E-state index is 12.7. The third-order valence-corrected chi connectivity index (χ3v) is 4.90.